The zero-order valence-corrected chi connectivity index (χ0v) is 7.61. The lowest BCUT2D eigenvalue weighted by Gasteiger charge is -2.26. The average Bonchev–Trinajstić information content (AvgIpc) is 1.85. The third-order valence-electron chi connectivity index (χ3n) is 1.73. The van der Waals surface area contributed by atoms with Crippen LogP contribution in [0.15, 0.2) is 0 Å². The number of aliphatic hydroxyl groups is 2. The lowest BCUT2D eigenvalue weighted by molar-refractivity contribution is -0.149. The van der Waals surface area contributed by atoms with Crippen LogP contribution in [-0.4, -0.2) is 33.5 Å². The first-order valence-corrected chi connectivity index (χ1v) is 3.84. The van der Waals surface area contributed by atoms with Crippen LogP contribution in [0.4, 0.5) is 0 Å². The van der Waals surface area contributed by atoms with E-state index >= 15 is 0 Å². The van der Waals surface area contributed by atoms with Crippen molar-refractivity contribution in [2.45, 2.75) is 39.4 Å². The maximum absolute atomic E-state index is 10.2. The van der Waals surface area contributed by atoms with Gasteiger partial charge in [-0.3, -0.25) is 0 Å². The van der Waals surface area contributed by atoms with E-state index in [1.54, 1.807) is 20.8 Å². The summed E-state index contributed by atoms with van der Waals surface area (Å²) in [7, 11) is 0. The second-order valence-electron chi connectivity index (χ2n) is 3.97. The van der Waals surface area contributed by atoms with E-state index in [-0.39, 0.29) is 6.42 Å². The van der Waals surface area contributed by atoms with Gasteiger partial charge in [0.15, 0.2) is 6.10 Å². The number of rotatable bonds is 3. The van der Waals surface area contributed by atoms with E-state index in [0.717, 1.165) is 0 Å². The van der Waals surface area contributed by atoms with Crippen molar-refractivity contribution in [3.8, 4) is 0 Å². The van der Waals surface area contributed by atoms with E-state index in [1.807, 2.05) is 0 Å². The summed E-state index contributed by atoms with van der Waals surface area (Å²) in [5.41, 5.74) is -0.392. The summed E-state index contributed by atoms with van der Waals surface area (Å²) >= 11 is 0. The molecule has 3 N–H and O–H groups in total. The van der Waals surface area contributed by atoms with Crippen molar-refractivity contribution in [3.05, 3.63) is 0 Å². The standard InChI is InChI=1S/C8H16O4/c1-8(2,3)6(10)4-5(9)7(11)12/h5-6,9-10H,4H2,1-3H3,(H,11,12). The number of aliphatic hydroxyl groups excluding tert-OH is 2. The largest absolute Gasteiger partial charge is 0.479 e. The molecule has 0 bridgehead atoms. The fraction of sp³-hybridized carbons (Fsp3) is 0.875. The Morgan fingerprint density at radius 1 is 1.33 bits per heavy atom. The van der Waals surface area contributed by atoms with Crippen LogP contribution in [0.3, 0.4) is 0 Å². The maximum atomic E-state index is 10.2. The van der Waals surface area contributed by atoms with Gasteiger partial charge in [-0.2, -0.15) is 0 Å². The second-order valence-corrected chi connectivity index (χ2v) is 3.97. The summed E-state index contributed by atoms with van der Waals surface area (Å²) in [6, 6.07) is 0. The van der Waals surface area contributed by atoms with Crippen LogP contribution in [-0.2, 0) is 4.79 Å². The van der Waals surface area contributed by atoms with E-state index < -0.39 is 23.6 Å². The molecule has 0 radical (unpaired) electrons. The molecule has 0 aliphatic rings. The van der Waals surface area contributed by atoms with Crippen LogP contribution in [0, 0.1) is 5.41 Å². The molecule has 0 saturated carbocycles. The molecule has 0 aromatic heterocycles. The third kappa shape index (κ3) is 3.69. The lowest BCUT2D eigenvalue weighted by atomic mass is 9.86. The molecular formula is C8H16O4. The van der Waals surface area contributed by atoms with Gasteiger partial charge in [0.2, 0.25) is 0 Å². The van der Waals surface area contributed by atoms with Gasteiger partial charge in [0, 0.05) is 6.42 Å². The molecule has 0 aliphatic carbocycles. The predicted octanol–water partition coefficient (Wildman–Crippen LogP) is 0.229. The third-order valence-corrected chi connectivity index (χ3v) is 1.73. The molecule has 0 fully saturated rings. The Kier molecular flexibility index (Phi) is 3.67. The van der Waals surface area contributed by atoms with E-state index in [9.17, 15) is 9.90 Å². The van der Waals surface area contributed by atoms with E-state index in [1.165, 1.54) is 0 Å². The number of hydrogen-bond donors (Lipinski definition) is 3. The van der Waals surface area contributed by atoms with Crippen LogP contribution in [0.1, 0.15) is 27.2 Å². The first-order valence-electron chi connectivity index (χ1n) is 3.84. The van der Waals surface area contributed by atoms with Gasteiger partial charge < -0.3 is 15.3 Å². The fourth-order valence-corrected chi connectivity index (χ4v) is 0.666. The minimum absolute atomic E-state index is 0.126. The van der Waals surface area contributed by atoms with Gasteiger partial charge in [-0.05, 0) is 5.41 Å². The summed E-state index contributed by atoms with van der Waals surface area (Å²) in [6.45, 7) is 5.35. The van der Waals surface area contributed by atoms with Crippen molar-refractivity contribution < 1.29 is 20.1 Å². The molecule has 0 heterocycles. The van der Waals surface area contributed by atoms with Crippen LogP contribution >= 0.6 is 0 Å². The zero-order chi connectivity index (χ0) is 9.94. The highest BCUT2D eigenvalue weighted by atomic mass is 16.4. The Labute approximate surface area is 71.8 Å². The van der Waals surface area contributed by atoms with Crippen LogP contribution < -0.4 is 0 Å². The van der Waals surface area contributed by atoms with Crippen molar-refractivity contribution in [1.82, 2.24) is 0 Å². The first kappa shape index (κ1) is 11.4. The van der Waals surface area contributed by atoms with Crippen molar-refractivity contribution in [2.75, 3.05) is 0 Å². The van der Waals surface area contributed by atoms with Gasteiger partial charge in [0.25, 0.3) is 0 Å². The van der Waals surface area contributed by atoms with Crippen LogP contribution in [0.25, 0.3) is 0 Å². The van der Waals surface area contributed by atoms with Crippen molar-refractivity contribution in [2.24, 2.45) is 5.41 Å². The molecule has 2 unspecified atom stereocenters. The minimum Gasteiger partial charge on any atom is -0.479 e. The molecule has 2 atom stereocenters. The SMILES string of the molecule is CC(C)(C)C(O)CC(O)C(=O)O. The molecule has 0 spiro atoms. The molecule has 0 saturated heterocycles. The number of aliphatic carboxylic acids is 1. The monoisotopic (exact) mass is 176 g/mol. The lowest BCUT2D eigenvalue weighted by Crippen LogP contribution is -2.33. The van der Waals surface area contributed by atoms with E-state index in [0.29, 0.717) is 0 Å². The fourth-order valence-electron chi connectivity index (χ4n) is 0.666. The van der Waals surface area contributed by atoms with Gasteiger partial charge in [-0.1, -0.05) is 20.8 Å². The molecule has 0 aromatic rings. The number of carbonyl (C=O) groups is 1. The Morgan fingerprint density at radius 3 is 2.00 bits per heavy atom. The van der Waals surface area contributed by atoms with Crippen molar-refractivity contribution in [1.29, 1.82) is 0 Å². The van der Waals surface area contributed by atoms with Gasteiger partial charge in [0.1, 0.15) is 0 Å². The number of carboxylic acid groups (broad SMARTS) is 1. The average molecular weight is 176 g/mol. The summed E-state index contributed by atoms with van der Waals surface area (Å²) in [5, 5.41) is 26.6. The summed E-state index contributed by atoms with van der Waals surface area (Å²) in [5.74, 6) is -1.29. The van der Waals surface area contributed by atoms with E-state index in [2.05, 4.69) is 0 Å². The first-order chi connectivity index (χ1) is 5.25. The number of hydrogen-bond acceptors (Lipinski definition) is 3. The predicted molar refractivity (Wildman–Crippen MR) is 43.7 cm³/mol. The molecule has 4 nitrogen and oxygen atoms in total. The highest BCUT2D eigenvalue weighted by Crippen LogP contribution is 2.22. The smallest absolute Gasteiger partial charge is 0.332 e. The Hall–Kier alpha value is -0.610. The minimum atomic E-state index is -1.47. The summed E-state index contributed by atoms with van der Waals surface area (Å²) < 4.78 is 0. The molecule has 0 aliphatic heterocycles. The molecule has 72 valence electrons. The van der Waals surface area contributed by atoms with Gasteiger partial charge in [0.05, 0.1) is 6.10 Å². The molecule has 12 heavy (non-hydrogen) atoms. The highest BCUT2D eigenvalue weighted by Gasteiger charge is 2.27. The van der Waals surface area contributed by atoms with Gasteiger partial charge in [-0.25, -0.2) is 4.79 Å². The Bertz CT molecular complexity index is 159. The van der Waals surface area contributed by atoms with Crippen molar-refractivity contribution >= 4 is 5.97 Å². The van der Waals surface area contributed by atoms with Crippen LogP contribution in [0.2, 0.25) is 0 Å². The van der Waals surface area contributed by atoms with E-state index in [4.69, 9.17) is 10.2 Å². The topological polar surface area (TPSA) is 77.8 Å². The Balaban J connectivity index is 4.01. The molecule has 0 amide bonds. The zero-order valence-electron chi connectivity index (χ0n) is 7.61. The van der Waals surface area contributed by atoms with Crippen LogP contribution in [0.5, 0.6) is 0 Å². The molecular weight excluding hydrogens is 160 g/mol. The number of carboxylic acids is 1. The molecule has 0 rings (SSSR count). The van der Waals surface area contributed by atoms with Gasteiger partial charge in [-0.15, -0.1) is 0 Å². The highest BCUT2D eigenvalue weighted by molar-refractivity contribution is 5.71. The maximum Gasteiger partial charge on any atom is 0.332 e. The van der Waals surface area contributed by atoms with Gasteiger partial charge >= 0.3 is 5.97 Å². The quantitative estimate of drug-likeness (QED) is 0.575. The summed E-state index contributed by atoms with van der Waals surface area (Å²) in [4.78, 5) is 10.2. The molecule has 4 heteroatoms. The second kappa shape index (κ2) is 3.87. The Morgan fingerprint density at radius 2 is 1.75 bits per heavy atom. The summed E-state index contributed by atoms with van der Waals surface area (Å²) in [6.07, 6.45) is -2.40. The normalized spacial score (nSPS) is 17.1. The molecule has 0 aromatic carbocycles. The van der Waals surface area contributed by atoms with Crippen molar-refractivity contribution in [3.63, 3.8) is 0 Å².